The van der Waals surface area contributed by atoms with Gasteiger partial charge in [-0.1, -0.05) is 12.1 Å². The van der Waals surface area contributed by atoms with Gasteiger partial charge in [-0.25, -0.2) is 0 Å². The lowest BCUT2D eigenvalue weighted by atomic mass is 10.3. The highest BCUT2D eigenvalue weighted by atomic mass is 16.5. The van der Waals surface area contributed by atoms with Crippen molar-refractivity contribution < 1.29 is 9.47 Å². The zero-order valence-electron chi connectivity index (χ0n) is 7.07. The third-order valence-corrected chi connectivity index (χ3v) is 1.29. The third-order valence-electron chi connectivity index (χ3n) is 1.29. The third kappa shape index (κ3) is 2.51. The zero-order chi connectivity index (χ0) is 9.40. The molecule has 1 aromatic carbocycles. The van der Waals surface area contributed by atoms with Crippen LogP contribution >= 0.6 is 0 Å². The molecule has 0 radical (unpaired) electrons. The number of rotatable bonds is 2. The molecule has 0 N–H and O–H groups in total. The summed E-state index contributed by atoms with van der Waals surface area (Å²) in [4.78, 5) is 0. The van der Waals surface area contributed by atoms with Gasteiger partial charge in [0.1, 0.15) is 0 Å². The molecule has 0 aromatic heterocycles. The molecule has 0 fully saturated rings. The van der Waals surface area contributed by atoms with Gasteiger partial charge in [-0.3, -0.25) is 0 Å². The molecule has 3 heteroatoms. The summed E-state index contributed by atoms with van der Waals surface area (Å²) >= 11 is 0. The van der Waals surface area contributed by atoms with Gasteiger partial charge in [0.15, 0.2) is 11.5 Å². The predicted molar refractivity (Wildman–Crippen MR) is 44.5 cm³/mol. The minimum absolute atomic E-state index is 0.769. The van der Waals surface area contributed by atoms with Gasteiger partial charge in [0.05, 0.1) is 14.2 Å². The fourth-order valence-electron chi connectivity index (χ4n) is 0.787. The Balaban J connectivity index is 0.000000561. The van der Waals surface area contributed by atoms with Crippen LogP contribution in [0, 0.1) is 11.8 Å². The molecule has 64 valence electrons. The molecule has 0 aliphatic heterocycles. The maximum Gasteiger partial charge on any atom is 0.160 e. The Labute approximate surface area is 72.2 Å². The van der Waals surface area contributed by atoms with Gasteiger partial charge >= 0.3 is 0 Å². The fraction of sp³-hybridized carbons (Fsp3) is 0.222. The first kappa shape index (κ1) is 10.3. The molecule has 12 heavy (non-hydrogen) atoms. The van der Waals surface area contributed by atoms with E-state index < -0.39 is 0 Å². The molecule has 0 amide bonds. The van der Waals surface area contributed by atoms with Gasteiger partial charge in [-0.2, -0.15) is 0 Å². The van der Waals surface area contributed by atoms with Crippen molar-refractivity contribution in [3.8, 4) is 11.5 Å². The number of ether oxygens (including phenoxy) is 2. The van der Waals surface area contributed by atoms with E-state index >= 15 is 0 Å². The number of hydrogen-bond acceptors (Lipinski definition) is 3. The van der Waals surface area contributed by atoms with Gasteiger partial charge < -0.3 is 21.3 Å². The molecule has 0 saturated carbocycles. The summed E-state index contributed by atoms with van der Waals surface area (Å²) in [5.74, 6) is 1.54. The van der Waals surface area contributed by atoms with Crippen molar-refractivity contribution in [2.75, 3.05) is 14.2 Å². The van der Waals surface area contributed by atoms with Crippen LogP contribution in [-0.2, 0) is 0 Å². The van der Waals surface area contributed by atoms with Crippen molar-refractivity contribution in [3.63, 3.8) is 0 Å². The van der Waals surface area contributed by atoms with E-state index in [1.807, 2.05) is 24.3 Å². The van der Waals surface area contributed by atoms with Gasteiger partial charge in [0.25, 0.3) is 0 Å². The quantitative estimate of drug-likeness (QED) is 0.626. The second-order valence-electron chi connectivity index (χ2n) is 1.85. The Morgan fingerprint density at radius 2 is 1.33 bits per heavy atom. The Morgan fingerprint density at radius 1 is 1.00 bits per heavy atom. The first-order valence-corrected chi connectivity index (χ1v) is 3.28. The van der Waals surface area contributed by atoms with E-state index in [0.717, 1.165) is 11.5 Å². The second kappa shape index (κ2) is 6.05. The lowest BCUT2D eigenvalue weighted by Crippen LogP contribution is -1.88. The predicted octanol–water partition coefficient (Wildman–Crippen LogP) is 1.80. The van der Waals surface area contributed by atoms with E-state index in [2.05, 4.69) is 0 Å². The van der Waals surface area contributed by atoms with Crippen molar-refractivity contribution in [1.82, 2.24) is 0 Å². The summed E-state index contributed by atoms with van der Waals surface area (Å²) in [5.41, 5.74) is 0. The zero-order valence-corrected chi connectivity index (χ0v) is 7.07. The molecule has 0 bridgehead atoms. The Bertz CT molecular complexity index is 222. The van der Waals surface area contributed by atoms with E-state index in [9.17, 15) is 0 Å². The Kier molecular flexibility index (Phi) is 5.20. The average molecular weight is 164 g/mol. The molecule has 3 nitrogen and oxygen atoms in total. The van der Waals surface area contributed by atoms with Crippen LogP contribution in [0.25, 0.3) is 0 Å². The van der Waals surface area contributed by atoms with E-state index in [4.69, 9.17) is 21.3 Å². The maximum atomic E-state index is 6.25. The van der Waals surface area contributed by atoms with Crippen LogP contribution in [0.3, 0.4) is 0 Å². The van der Waals surface area contributed by atoms with E-state index in [1.54, 1.807) is 14.2 Å². The minimum atomic E-state index is 0.769. The lowest BCUT2D eigenvalue weighted by molar-refractivity contribution is 0.355. The largest absolute Gasteiger partial charge is 0.512 e. The molecule has 0 aliphatic carbocycles. The van der Waals surface area contributed by atoms with E-state index in [-0.39, 0.29) is 0 Å². The molecule has 1 rings (SSSR count). The number of hydrogen-bond donors (Lipinski definition) is 0. The summed E-state index contributed by atoms with van der Waals surface area (Å²) < 4.78 is 10.0. The molecular formula is C9H10NO2-. The number of benzene rings is 1. The number of nitrogens with zero attached hydrogens (tertiary/aromatic N) is 1. The molecule has 0 atom stereocenters. The van der Waals surface area contributed by atoms with Crippen LogP contribution in [0.4, 0.5) is 0 Å². The van der Waals surface area contributed by atoms with Gasteiger partial charge in [0, 0.05) is 0 Å². The van der Waals surface area contributed by atoms with Crippen LogP contribution in [0.2, 0.25) is 0 Å². The van der Waals surface area contributed by atoms with Crippen molar-refractivity contribution in [1.29, 1.82) is 5.26 Å². The lowest BCUT2D eigenvalue weighted by Gasteiger charge is -2.04. The topological polar surface area (TPSA) is 42.2 Å². The summed E-state index contributed by atoms with van der Waals surface area (Å²) in [6, 6.07) is 7.53. The van der Waals surface area contributed by atoms with Crippen molar-refractivity contribution in [2.24, 2.45) is 0 Å². The first-order valence-electron chi connectivity index (χ1n) is 3.28. The SMILES string of the molecule is COc1ccccc1OC.[C-]#N. The maximum absolute atomic E-state index is 6.25. The van der Waals surface area contributed by atoms with Gasteiger partial charge in [0.2, 0.25) is 0 Å². The van der Waals surface area contributed by atoms with Crippen molar-refractivity contribution >= 4 is 0 Å². The Morgan fingerprint density at radius 3 is 1.58 bits per heavy atom. The fourth-order valence-corrected chi connectivity index (χ4v) is 0.787. The highest BCUT2D eigenvalue weighted by Crippen LogP contribution is 2.24. The summed E-state index contributed by atoms with van der Waals surface area (Å²) in [7, 11) is 3.25. The van der Waals surface area contributed by atoms with Crippen LogP contribution in [0.15, 0.2) is 24.3 Å². The van der Waals surface area contributed by atoms with Crippen molar-refractivity contribution in [2.45, 2.75) is 0 Å². The normalized spacial score (nSPS) is 7.67. The molecular weight excluding hydrogens is 154 g/mol. The van der Waals surface area contributed by atoms with Crippen LogP contribution in [-0.4, -0.2) is 14.2 Å². The van der Waals surface area contributed by atoms with Crippen molar-refractivity contribution in [3.05, 3.63) is 30.8 Å². The Hall–Kier alpha value is -1.69. The van der Waals surface area contributed by atoms with Gasteiger partial charge in [-0.05, 0) is 12.1 Å². The van der Waals surface area contributed by atoms with Crippen LogP contribution in [0.5, 0.6) is 11.5 Å². The van der Waals surface area contributed by atoms with E-state index in [1.165, 1.54) is 0 Å². The highest BCUT2D eigenvalue weighted by molar-refractivity contribution is 5.38. The van der Waals surface area contributed by atoms with Gasteiger partial charge in [-0.15, -0.1) is 0 Å². The molecule has 0 saturated heterocycles. The van der Waals surface area contributed by atoms with E-state index in [0.29, 0.717) is 0 Å². The average Bonchev–Trinajstić information content (AvgIpc) is 2.20. The monoisotopic (exact) mass is 164 g/mol. The van der Waals surface area contributed by atoms with Crippen LogP contribution in [0.1, 0.15) is 0 Å². The summed E-state index contributed by atoms with van der Waals surface area (Å²) in [6.07, 6.45) is 0. The molecule has 0 unspecified atom stereocenters. The standard InChI is InChI=1S/C8H10O2.CN/c1-9-7-5-3-4-6-8(7)10-2;1-2/h3-6H,1-2H3;/q;-1. The molecule has 0 aliphatic rings. The minimum Gasteiger partial charge on any atom is -0.512 e. The summed E-state index contributed by atoms with van der Waals surface area (Å²) in [5, 5.41) is 6.25. The number of methoxy groups -OCH3 is 2. The molecule has 0 spiro atoms. The molecule has 0 heterocycles. The number of para-hydroxylation sites is 2. The molecule has 1 aromatic rings. The smallest absolute Gasteiger partial charge is 0.160 e. The first-order chi connectivity index (χ1) is 5.88. The summed E-state index contributed by atoms with van der Waals surface area (Å²) in [6.45, 7) is 4.75. The van der Waals surface area contributed by atoms with Crippen LogP contribution < -0.4 is 9.47 Å². The highest BCUT2D eigenvalue weighted by Gasteiger charge is 1.97. The second-order valence-corrected chi connectivity index (χ2v) is 1.85.